The minimum absolute atomic E-state index is 0.0555. The highest BCUT2D eigenvalue weighted by Crippen LogP contribution is 2.29. The van der Waals surface area contributed by atoms with Gasteiger partial charge in [0.1, 0.15) is 0 Å². The summed E-state index contributed by atoms with van der Waals surface area (Å²) in [6, 6.07) is 5.05. The smallest absolute Gasteiger partial charge is 0.387 e. The van der Waals surface area contributed by atoms with Crippen LogP contribution in [0.4, 0.5) is 8.78 Å². The Labute approximate surface area is 128 Å². The molecule has 0 saturated heterocycles. The first-order valence-corrected chi connectivity index (χ1v) is 7.33. The van der Waals surface area contributed by atoms with Gasteiger partial charge in [-0.25, -0.2) is 0 Å². The summed E-state index contributed by atoms with van der Waals surface area (Å²) >= 11 is 0. The molecule has 0 spiro atoms. The van der Waals surface area contributed by atoms with Crippen molar-refractivity contribution >= 4 is 5.96 Å². The van der Waals surface area contributed by atoms with Gasteiger partial charge in [0, 0.05) is 19.6 Å². The largest absolute Gasteiger partial charge is 0.493 e. The molecule has 22 heavy (non-hydrogen) atoms. The van der Waals surface area contributed by atoms with Crippen LogP contribution in [-0.4, -0.2) is 39.3 Å². The Kier molecular flexibility index (Phi) is 6.24. The lowest BCUT2D eigenvalue weighted by molar-refractivity contribution is -0.0512. The van der Waals surface area contributed by atoms with Gasteiger partial charge in [-0.1, -0.05) is 6.07 Å². The van der Waals surface area contributed by atoms with Crippen LogP contribution in [0.3, 0.4) is 0 Å². The molecule has 5 nitrogen and oxygen atoms in total. The Morgan fingerprint density at radius 3 is 2.95 bits per heavy atom. The molecule has 2 rings (SSSR count). The summed E-state index contributed by atoms with van der Waals surface area (Å²) in [5, 5.41) is 6.44. The predicted molar refractivity (Wildman–Crippen MR) is 80.9 cm³/mol. The molecule has 0 saturated carbocycles. The zero-order valence-electron chi connectivity index (χ0n) is 12.6. The third-order valence-corrected chi connectivity index (χ3v) is 3.30. The van der Waals surface area contributed by atoms with E-state index in [-0.39, 0.29) is 5.75 Å². The number of hydrogen-bond acceptors (Lipinski definition) is 5. The van der Waals surface area contributed by atoms with E-state index in [0.717, 1.165) is 37.5 Å². The van der Waals surface area contributed by atoms with Gasteiger partial charge in [0.2, 0.25) is 0 Å². The molecule has 0 amide bonds. The lowest BCUT2D eigenvalue weighted by Crippen LogP contribution is -2.38. The molecule has 122 valence electrons. The van der Waals surface area contributed by atoms with Crippen molar-refractivity contribution < 1.29 is 18.3 Å². The molecule has 0 bridgehead atoms. The van der Waals surface area contributed by atoms with Gasteiger partial charge in [0.15, 0.2) is 17.5 Å². The van der Waals surface area contributed by atoms with Crippen molar-refractivity contribution in [3.05, 3.63) is 23.8 Å². The summed E-state index contributed by atoms with van der Waals surface area (Å²) in [5.41, 5.74) is 0.887. The van der Waals surface area contributed by atoms with Gasteiger partial charge < -0.3 is 20.1 Å². The third kappa shape index (κ3) is 5.05. The van der Waals surface area contributed by atoms with Gasteiger partial charge in [-0.05, 0) is 37.0 Å². The zero-order valence-corrected chi connectivity index (χ0v) is 12.6. The molecule has 2 N–H and O–H groups in total. The maximum absolute atomic E-state index is 12.4. The molecule has 0 radical (unpaired) electrons. The lowest BCUT2D eigenvalue weighted by atomic mass is 10.1. The predicted octanol–water partition coefficient (Wildman–Crippen LogP) is 2.17. The minimum Gasteiger partial charge on any atom is -0.493 e. The number of halogens is 2. The number of alkyl halides is 2. The number of rotatable bonds is 6. The highest BCUT2D eigenvalue weighted by Gasteiger charge is 2.11. The van der Waals surface area contributed by atoms with Crippen molar-refractivity contribution in [1.29, 1.82) is 0 Å². The highest BCUT2D eigenvalue weighted by atomic mass is 19.3. The number of nitrogens with zero attached hydrogens (tertiary/aromatic N) is 1. The Morgan fingerprint density at radius 1 is 1.32 bits per heavy atom. The Balaban J connectivity index is 1.90. The second-order valence-electron chi connectivity index (χ2n) is 4.90. The van der Waals surface area contributed by atoms with E-state index in [9.17, 15) is 8.78 Å². The van der Waals surface area contributed by atoms with Gasteiger partial charge in [0.05, 0.1) is 7.11 Å². The van der Waals surface area contributed by atoms with Crippen molar-refractivity contribution in [3.63, 3.8) is 0 Å². The van der Waals surface area contributed by atoms with Crippen molar-refractivity contribution in [2.45, 2.75) is 25.9 Å². The maximum Gasteiger partial charge on any atom is 0.387 e. The number of guanidine groups is 1. The van der Waals surface area contributed by atoms with Gasteiger partial charge in [-0.15, -0.1) is 0 Å². The van der Waals surface area contributed by atoms with Crippen molar-refractivity contribution in [1.82, 2.24) is 10.6 Å². The SMILES string of the molecule is COc1ccc(CCNC2=NCCCCN2)cc1OC(F)F. The van der Waals surface area contributed by atoms with E-state index in [1.54, 1.807) is 12.1 Å². The van der Waals surface area contributed by atoms with E-state index in [1.165, 1.54) is 7.11 Å². The highest BCUT2D eigenvalue weighted by molar-refractivity contribution is 5.79. The van der Waals surface area contributed by atoms with Crippen LogP contribution >= 0.6 is 0 Å². The molecule has 0 atom stereocenters. The van der Waals surface area contributed by atoms with Gasteiger partial charge in [0.25, 0.3) is 0 Å². The first kappa shape index (κ1) is 16.3. The molecule has 0 fully saturated rings. The maximum atomic E-state index is 12.4. The number of nitrogens with one attached hydrogen (secondary N) is 2. The van der Waals surface area contributed by atoms with Crippen LogP contribution in [0.1, 0.15) is 18.4 Å². The van der Waals surface area contributed by atoms with Crippen LogP contribution < -0.4 is 20.1 Å². The first-order valence-electron chi connectivity index (χ1n) is 7.33. The fraction of sp³-hybridized carbons (Fsp3) is 0.533. The van der Waals surface area contributed by atoms with Crippen LogP contribution in [0.15, 0.2) is 23.2 Å². The summed E-state index contributed by atoms with van der Waals surface area (Å²) in [4.78, 5) is 4.39. The number of methoxy groups -OCH3 is 1. The van der Waals surface area contributed by atoms with E-state index in [0.29, 0.717) is 18.7 Å². The van der Waals surface area contributed by atoms with Crippen molar-refractivity contribution in [2.24, 2.45) is 4.99 Å². The topological polar surface area (TPSA) is 54.9 Å². The molecular formula is C15H21F2N3O2. The molecule has 1 heterocycles. The van der Waals surface area contributed by atoms with E-state index >= 15 is 0 Å². The fourth-order valence-corrected chi connectivity index (χ4v) is 2.20. The molecule has 7 heteroatoms. The molecular weight excluding hydrogens is 292 g/mol. The van der Waals surface area contributed by atoms with Gasteiger partial charge in [-0.2, -0.15) is 8.78 Å². The number of hydrogen-bond donors (Lipinski definition) is 2. The monoisotopic (exact) mass is 313 g/mol. The second-order valence-corrected chi connectivity index (χ2v) is 4.90. The summed E-state index contributed by atoms with van der Waals surface area (Å²) in [5.74, 6) is 1.15. The average Bonchev–Trinajstić information content (AvgIpc) is 2.76. The van der Waals surface area contributed by atoms with Crippen LogP contribution in [0.2, 0.25) is 0 Å². The van der Waals surface area contributed by atoms with Crippen LogP contribution in [0, 0.1) is 0 Å². The summed E-state index contributed by atoms with van der Waals surface area (Å²) in [6.07, 6.45) is 2.87. The van der Waals surface area contributed by atoms with Crippen LogP contribution in [0.5, 0.6) is 11.5 Å². The van der Waals surface area contributed by atoms with Crippen LogP contribution in [0.25, 0.3) is 0 Å². The third-order valence-electron chi connectivity index (χ3n) is 3.30. The number of aliphatic imine (C=N–C) groups is 1. The standard InChI is InChI=1S/C15H21F2N3O2/c1-21-12-5-4-11(10-13(12)22-14(16)17)6-9-20-15-18-7-2-3-8-19-15/h4-5,10,14H,2-3,6-9H2,1H3,(H2,18,19,20). The molecule has 0 aliphatic carbocycles. The van der Waals surface area contributed by atoms with Gasteiger partial charge >= 0.3 is 6.61 Å². The number of benzene rings is 1. The fourth-order valence-electron chi connectivity index (χ4n) is 2.20. The van der Waals surface area contributed by atoms with Crippen molar-refractivity contribution in [2.75, 3.05) is 26.7 Å². The minimum atomic E-state index is -2.87. The van der Waals surface area contributed by atoms with E-state index in [2.05, 4.69) is 20.4 Å². The molecule has 1 aliphatic heterocycles. The lowest BCUT2D eigenvalue weighted by Gasteiger charge is -2.13. The van der Waals surface area contributed by atoms with Gasteiger partial charge in [-0.3, -0.25) is 4.99 Å². The quantitative estimate of drug-likeness (QED) is 0.845. The summed E-state index contributed by atoms with van der Waals surface area (Å²) < 4.78 is 34.3. The number of ether oxygens (including phenoxy) is 2. The van der Waals surface area contributed by atoms with Crippen molar-refractivity contribution in [3.8, 4) is 11.5 Å². The molecule has 0 aromatic heterocycles. The van der Waals surface area contributed by atoms with E-state index in [1.807, 2.05) is 6.07 Å². The Bertz CT molecular complexity index is 510. The summed E-state index contributed by atoms with van der Waals surface area (Å²) in [7, 11) is 1.42. The zero-order chi connectivity index (χ0) is 15.8. The molecule has 1 aromatic rings. The normalized spacial score (nSPS) is 14.8. The Hall–Kier alpha value is -2.05. The molecule has 0 unspecified atom stereocenters. The first-order chi connectivity index (χ1) is 10.7. The average molecular weight is 313 g/mol. The van der Waals surface area contributed by atoms with E-state index < -0.39 is 6.61 Å². The van der Waals surface area contributed by atoms with Crippen LogP contribution in [-0.2, 0) is 6.42 Å². The summed E-state index contributed by atoms with van der Waals surface area (Å²) in [6.45, 7) is -0.469. The second kappa shape index (κ2) is 8.41. The Morgan fingerprint density at radius 2 is 2.18 bits per heavy atom. The van der Waals surface area contributed by atoms with E-state index in [4.69, 9.17) is 4.74 Å². The molecule has 1 aliphatic rings. The molecule has 1 aromatic carbocycles.